The lowest BCUT2D eigenvalue weighted by Crippen LogP contribution is -2.49. The normalized spacial score (nSPS) is 14.1. The van der Waals surface area contributed by atoms with Crippen LogP contribution in [0.1, 0.15) is 10.5 Å². The molecule has 0 bridgehead atoms. The van der Waals surface area contributed by atoms with Crippen LogP contribution in [0.4, 0.5) is 5.82 Å². The van der Waals surface area contributed by atoms with E-state index in [1.165, 1.54) is 0 Å². The minimum atomic E-state index is -0.0970. The van der Waals surface area contributed by atoms with Gasteiger partial charge >= 0.3 is 0 Å². The lowest BCUT2D eigenvalue weighted by atomic mass is 10.2. The molecule has 1 N–H and O–H groups in total. The highest BCUT2D eigenvalue weighted by Crippen LogP contribution is 2.20. The Morgan fingerprint density at radius 1 is 0.967 bits per heavy atom. The van der Waals surface area contributed by atoms with Gasteiger partial charge in [0.05, 0.1) is 12.0 Å². The van der Waals surface area contributed by atoms with E-state index < -0.39 is 0 Å². The summed E-state index contributed by atoms with van der Waals surface area (Å²) < 4.78 is 5.34. The molecule has 0 atom stereocenters. The average molecular weight is 401 g/mol. The van der Waals surface area contributed by atoms with Crippen LogP contribution < -0.4 is 4.90 Å². The summed E-state index contributed by atoms with van der Waals surface area (Å²) in [4.78, 5) is 21.0. The van der Waals surface area contributed by atoms with Crippen LogP contribution in [0.2, 0.25) is 0 Å². The summed E-state index contributed by atoms with van der Waals surface area (Å²) in [5, 5.41) is 15.6. The Balaban J connectivity index is 1.21. The summed E-state index contributed by atoms with van der Waals surface area (Å²) in [5.41, 5.74) is 2.60. The molecule has 1 aliphatic heterocycles. The predicted molar refractivity (Wildman–Crippen MR) is 110 cm³/mol. The largest absolute Gasteiger partial charge is 0.463 e. The van der Waals surface area contributed by atoms with Crippen molar-refractivity contribution in [3.8, 4) is 22.8 Å². The number of piperazine rings is 1. The van der Waals surface area contributed by atoms with Crippen molar-refractivity contribution in [1.82, 2.24) is 30.3 Å². The quantitative estimate of drug-likeness (QED) is 0.560. The van der Waals surface area contributed by atoms with E-state index in [9.17, 15) is 4.79 Å². The van der Waals surface area contributed by atoms with Crippen LogP contribution in [0, 0.1) is 0 Å². The van der Waals surface area contributed by atoms with Gasteiger partial charge in [-0.25, -0.2) is 0 Å². The first-order chi connectivity index (χ1) is 14.8. The summed E-state index contributed by atoms with van der Waals surface area (Å²) in [6.07, 6.45) is 3.32. The second kappa shape index (κ2) is 7.78. The molecule has 1 fully saturated rings. The smallest absolute Gasteiger partial charge is 0.274 e. The molecule has 0 aliphatic carbocycles. The summed E-state index contributed by atoms with van der Waals surface area (Å²) >= 11 is 0. The molecule has 150 valence electrons. The molecular formula is C21H19N7O2. The molecule has 1 saturated heterocycles. The zero-order chi connectivity index (χ0) is 20.3. The van der Waals surface area contributed by atoms with E-state index in [-0.39, 0.29) is 5.91 Å². The molecule has 0 aromatic carbocycles. The third kappa shape index (κ3) is 3.52. The number of nitrogens with one attached hydrogen (secondary N) is 1. The van der Waals surface area contributed by atoms with Crippen LogP contribution in [-0.2, 0) is 0 Å². The van der Waals surface area contributed by atoms with E-state index in [2.05, 4.69) is 30.3 Å². The third-order valence-electron chi connectivity index (χ3n) is 5.05. The Bertz CT molecular complexity index is 1120. The van der Waals surface area contributed by atoms with Crippen molar-refractivity contribution in [3.63, 3.8) is 0 Å². The summed E-state index contributed by atoms with van der Waals surface area (Å²) in [5.74, 6) is 1.35. The molecule has 4 aromatic rings. The molecule has 0 saturated carbocycles. The second-order valence-electron chi connectivity index (χ2n) is 6.92. The molecule has 1 aliphatic rings. The molecule has 9 nitrogen and oxygen atoms in total. The van der Waals surface area contributed by atoms with E-state index >= 15 is 0 Å². The van der Waals surface area contributed by atoms with Crippen molar-refractivity contribution in [2.45, 2.75) is 0 Å². The standard InChI is InChI=1S/C21H19N7O2/c29-21(18-14-17(24-25-18)19-5-3-13-30-19)28-11-9-27(10-12-28)20-7-6-16(23-26-20)15-4-1-2-8-22-15/h1-8,13-14H,9-12H2,(H,24,25). The summed E-state index contributed by atoms with van der Waals surface area (Å²) in [6.45, 7) is 2.54. The van der Waals surface area contributed by atoms with Crippen LogP contribution in [0.5, 0.6) is 0 Å². The van der Waals surface area contributed by atoms with E-state index in [1.807, 2.05) is 36.4 Å². The number of H-pyrrole nitrogens is 1. The van der Waals surface area contributed by atoms with Gasteiger partial charge in [-0.3, -0.25) is 14.9 Å². The van der Waals surface area contributed by atoms with Crippen LogP contribution in [-0.4, -0.2) is 62.4 Å². The van der Waals surface area contributed by atoms with Gasteiger partial charge in [-0.05, 0) is 36.4 Å². The van der Waals surface area contributed by atoms with E-state index in [1.54, 1.807) is 29.5 Å². The Morgan fingerprint density at radius 3 is 2.57 bits per heavy atom. The molecule has 0 radical (unpaired) electrons. The highest BCUT2D eigenvalue weighted by Gasteiger charge is 2.25. The Hall–Kier alpha value is -4.01. The van der Waals surface area contributed by atoms with Crippen molar-refractivity contribution < 1.29 is 9.21 Å². The molecule has 9 heteroatoms. The Labute approximate surface area is 172 Å². The molecule has 0 spiro atoms. The maximum Gasteiger partial charge on any atom is 0.274 e. The minimum absolute atomic E-state index is 0.0970. The lowest BCUT2D eigenvalue weighted by Gasteiger charge is -2.34. The Morgan fingerprint density at radius 2 is 1.87 bits per heavy atom. The minimum Gasteiger partial charge on any atom is -0.463 e. The lowest BCUT2D eigenvalue weighted by molar-refractivity contribution is 0.0740. The van der Waals surface area contributed by atoms with Crippen molar-refractivity contribution in [1.29, 1.82) is 0 Å². The van der Waals surface area contributed by atoms with E-state index in [4.69, 9.17) is 4.42 Å². The first-order valence-corrected chi connectivity index (χ1v) is 9.66. The number of hydrogen-bond donors (Lipinski definition) is 1. The first kappa shape index (κ1) is 18.0. The highest BCUT2D eigenvalue weighted by molar-refractivity contribution is 5.93. The number of amides is 1. The summed E-state index contributed by atoms with van der Waals surface area (Å²) in [6, 6.07) is 14.9. The fourth-order valence-electron chi connectivity index (χ4n) is 3.43. The van der Waals surface area contributed by atoms with Gasteiger partial charge in [0.15, 0.2) is 17.3 Å². The highest BCUT2D eigenvalue weighted by atomic mass is 16.3. The van der Waals surface area contributed by atoms with Gasteiger partial charge < -0.3 is 14.2 Å². The SMILES string of the molecule is O=C(c1cc(-c2ccco2)[nH]n1)N1CCN(c2ccc(-c3ccccn3)nn2)CC1. The molecule has 5 heterocycles. The summed E-state index contributed by atoms with van der Waals surface area (Å²) in [7, 11) is 0. The van der Waals surface area contributed by atoms with Gasteiger partial charge in [-0.15, -0.1) is 10.2 Å². The number of aromatic amines is 1. The monoisotopic (exact) mass is 401 g/mol. The topological polar surface area (TPSA) is 104 Å². The maximum absolute atomic E-state index is 12.8. The van der Waals surface area contributed by atoms with Crippen molar-refractivity contribution >= 4 is 11.7 Å². The number of rotatable bonds is 4. The number of nitrogens with zero attached hydrogens (tertiary/aromatic N) is 6. The molecule has 5 rings (SSSR count). The Kier molecular flexibility index (Phi) is 4.68. The van der Waals surface area contributed by atoms with E-state index in [0.717, 1.165) is 17.2 Å². The number of aromatic nitrogens is 5. The van der Waals surface area contributed by atoms with Crippen LogP contribution in [0.3, 0.4) is 0 Å². The van der Waals surface area contributed by atoms with Gasteiger partial charge in [0.1, 0.15) is 11.4 Å². The molecule has 30 heavy (non-hydrogen) atoms. The maximum atomic E-state index is 12.8. The number of carbonyl (C=O) groups is 1. The number of pyridine rings is 1. The number of carbonyl (C=O) groups excluding carboxylic acids is 1. The van der Waals surface area contributed by atoms with Crippen LogP contribution in [0.25, 0.3) is 22.8 Å². The second-order valence-corrected chi connectivity index (χ2v) is 6.92. The van der Waals surface area contributed by atoms with Crippen LogP contribution >= 0.6 is 0 Å². The van der Waals surface area contributed by atoms with E-state index in [0.29, 0.717) is 43.3 Å². The van der Waals surface area contributed by atoms with Crippen molar-refractivity contribution in [2.24, 2.45) is 0 Å². The fraction of sp³-hybridized carbons (Fsp3) is 0.190. The number of furan rings is 1. The first-order valence-electron chi connectivity index (χ1n) is 9.66. The van der Waals surface area contributed by atoms with Crippen molar-refractivity contribution in [2.75, 3.05) is 31.1 Å². The van der Waals surface area contributed by atoms with Gasteiger partial charge in [-0.2, -0.15) is 5.10 Å². The number of anilines is 1. The number of hydrogen-bond acceptors (Lipinski definition) is 7. The third-order valence-corrected chi connectivity index (χ3v) is 5.05. The zero-order valence-electron chi connectivity index (χ0n) is 16.1. The molecule has 1 amide bonds. The fourth-order valence-corrected chi connectivity index (χ4v) is 3.43. The van der Waals surface area contributed by atoms with Gasteiger partial charge in [-0.1, -0.05) is 6.07 Å². The van der Waals surface area contributed by atoms with Crippen LogP contribution in [0.15, 0.2) is 65.4 Å². The molecular weight excluding hydrogens is 382 g/mol. The molecule has 0 unspecified atom stereocenters. The molecule has 4 aromatic heterocycles. The van der Waals surface area contributed by atoms with Gasteiger partial charge in [0.25, 0.3) is 5.91 Å². The average Bonchev–Trinajstić information content (AvgIpc) is 3.52. The van der Waals surface area contributed by atoms with Gasteiger partial charge in [0.2, 0.25) is 0 Å². The van der Waals surface area contributed by atoms with Gasteiger partial charge in [0, 0.05) is 38.4 Å². The predicted octanol–water partition coefficient (Wildman–Crippen LogP) is 2.48. The zero-order valence-corrected chi connectivity index (χ0v) is 16.1. The van der Waals surface area contributed by atoms with Crippen molar-refractivity contribution in [3.05, 3.63) is 66.7 Å².